The Morgan fingerprint density at radius 3 is 2.36 bits per heavy atom. The maximum absolute atomic E-state index is 14.0. The largest absolute Gasteiger partial charge is 0.466 e. The van der Waals surface area contributed by atoms with Gasteiger partial charge >= 0.3 is 6.03 Å². The zero-order valence-corrected chi connectivity index (χ0v) is 21.3. The number of imide groups is 1. The molecule has 3 saturated heterocycles. The van der Waals surface area contributed by atoms with Gasteiger partial charge in [-0.25, -0.2) is 4.79 Å². The molecule has 0 spiro atoms. The number of carbonyl (C=O) groups is 3. The first kappa shape index (κ1) is 24.6. The molecule has 5 rings (SSSR count). The summed E-state index contributed by atoms with van der Waals surface area (Å²) in [4.78, 5) is 45.8. The van der Waals surface area contributed by atoms with E-state index in [2.05, 4.69) is 10.2 Å². The molecule has 4 heterocycles. The molecule has 0 radical (unpaired) electrons. The quantitative estimate of drug-likeness (QED) is 0.599. The molecular weight excluding hydrogens is 456 g/mol. The molecule has 1 aromatic carbocycles. The van der Waals surface area contributed by atoms with Crippen molar-refractivity contribution in [1.82, 2.24) is 20.0 Å². The van der Waals surface area contributed by atoms with E-state index in [1.54, 1.807) is 6.07 Å². The van der Waals surface area contributed by atoms with Crippen molar-refractivity contribution in [2.45, 2.75) is 51.5 Å². The van der Waals surface area contributed by atoms with Crippen LogP contribution in [-0.4, -0.2) is 77.4 Å². The number of likely N-dealkylation sites (tertiary alicyclic amines) is 2. The maximum Gasteiger partial charge on any atom is 0.325 e. The Labute approximate surface area is 212 Å². The number of amides is 4. The lowest BCUT2D eigenvalue weighted by Crippen LogP contribution is -2.58. The molecule has 3 aliphatic heterocycles. The van der Waals surface area contributed by atoms with E-state index in [0.29, 0.717) is 50.2 Å². The molecule has 36 heavy (non-hydrogen) atoms. The lowest BCUT2D eigenvalue weighted by molar-refractivity contribution is -0.134. The van der Waals surface area contributed by atoms with E-state index in [1.165, 1.54) is 17.7 Å². The van der Waals surface area contributed by atoms with Crippen LogP contribution in [0.5, 0.6) is 0 Å². The van der Waals surface area contributed by atoms with Crippen molar-refractivity contribution in [1.29, 1.82) is 0 Å². The lowest BCUT2D eigenvalue weighted by atomic mass is 9.74. The normalized spacial score (nSPS) is 23.5. The molecule has 3 aliphatic rings. The monoisotopic (exact) mass is 492 g/mol. The van der Waals surface area contributed by atoms with Crippen LogP contribution in [0.3, 0.4) is 0 Å². The van der Waals surface area contributed by atoms with Gasteiger partial charge in [0.25, 0.3) is 11.8 Å². The highest BCUT2D eigenvalue weighted by Gasteiger charge is 2.56. The number of aryl methyl sites for hydroxylation is 2. The van der Waals surface area contributed by atoms with Gasteiger partial charge in [0.05, 0.1) is 5.56 Å². The van der Waals surface area contributed by atoms with Crippen LogP contribution in [0.15, 0.2) is 40.8 Å². The minimum absolute atomic E-state index is 0.0334. The first-order chi connectivity index (χ1) is 17.4. The summed E-state index contributed by atoms with van der Waals surface area (Å²) in [5.41, 5.74) is 0.639. The Kier molecular flexibility index (Phi) is 6.88. The molecule has 2 aromatic rings. The van der Waals surface area contributed by atoms with Crippen molar-refractivity contribution in [3.8, 4) is 0 Å². The maximum atomic E-state index is 14.0. The van der Waals surface area contributed by atoms with Gasteiger partial charge in [0.2, 0.25) is 0 Å². The number of piperidine rings is 1. The number of nitrogens with one attached hydrogen (secondary N) is 1. The molecular formula is C28H36N4O4. The van der Waals surface area contributed by atoms with Gasteiger partial charge in [0.15, 0.2) is 0 Å². The van der Waals surface area contributed by atoms with Crippen molar-refractivity contribution in [3.05, 3.63) is 59.0 Å². The summed E-state index contributed by atoms with van der Waals surface area (Å²) < 4.78 is 5.56. The molecule has 0 aliphatic carbocycles. The van der Waals surface area contributed by atoms with Crippen molar-refractivity contribution < 1.29 is 18.8 Å². The Hall–Kier alpha value is -3.13. The van der Waals surface area contributed by atoms with E-state index in [0.717, 1.165) is 31.0 Å². The van der Waals surface area contributed by atoms with Crippen LogP contribution >= 0.6 is 0 Å². The highest BCUT2D eigenvalue weighted by molar-refractivity contribution is 6.07. The van der Waals surface area contributed by atoms with Crippen molar-refractivity contribution >= 4 is 17.8 Å². The fraction of sp³-hybridized carbons (Fsp3) is 0.536. The number of furan rings is 1. The molecule has 0 unspecified atom stereocenters. The van der Waals surface area contributed by atoms with E-state index in [-0.39, 0.29) is 23.8 Å². The van der Waals surface area contributed by atoms with Crippen LogP contribution in [0.1, 0.15) is 53.1 Å². The zero-order chi connectivity index (χ0) is 25.3. The summed E-state index contributed by atoms with van der Waals surface area (Å²) in [6, 6.07) is 11.4. The predicted octanol–water partition coefficient (Wildman–Crippen LogP) is 3.38. The lowest BCUT2D eigenvalue weighted by Gasteiger charge is -2.41. The fourth-order valence-electron chi connectivity index (χ4n) is 6.14. The van der Waals surface area contributed by atoms with Gasteiger partial charge in [-0.05, 0) is 70.2 Å². The second-order valence-electron chi connectivity index (χ2n) is 10.5. The van der Waals surface area contributed by atoms with E-state index < -0.39 is 5.54 Å². The average molecular weight is 493 g/mol. The second kappa shape index (κ2) is 10.1. The van der Waals surface area contributed by atoms with Crippen LogP contribution in [0.4, 0.5) is 4.79 Å². The second-order valence-corrected chi connectivity index (χ2v) is 10.5. The third-order valence-corrected chi connectivity index (χ3v) is 8.12. The van der Waals surface area contributed by atoms with E-state index in [1.807, 2.05) is 49.1 Å². The standard InChI is InChI=1S/C28H36N4O4/c1-20-18-24(21(2)36-20)25(33)31-14-10-23(11-15-31)28(19-22-8-4-3-5-9-22)26(34)32(27(35)29-28)17-16-30-12-6-7-13-30/h3-5,8-9,18,23H,6-7,10-17,19H2,1-2H3,(H,29,35)/t28-/m0/s1. The molecule has 3 fully saturated rings. The summed E-state index contributed by atoms with van der Waals surface area (Å²) in [6.45, 7) is 7.93. The van der Waals surface area contributed by atoms with E-state index in [9.17, 15) is 14.4 Å². The molecule has 1 atom stereocenters. The van der Waals surface area contributed by atoms with Crippen LogP contribution in [0, 0.1) is 19.8 Å². The van der Waals surface area contributed by atoms with Gasteiger partial charge in [-0.2, -0.15) is 0 Å². The number of nitrogens with zero attached hydrogens (tertiary/aromatic N) is 3. The Bertz CT molecular complexity index is 1120. The minimum atomic E-state index is -0.985. The van der Waals surface area contributed by atoms with Crippen LogP contribution in [0.25, 0.3) is 0 Å². The highest BCUT2D eigenvalue weighted by Crippen LogP contribution is 2.37. The Morgan fingerprint density at radius 1 is 1.03 bits per heavy atom. The SMILES string of the molecule is Cc1cc(C(=O)N2CCC([C@]3(Cc4ccccc4)NC(=O)N(CCN4CCCC4)C3=O)CC2)c(C)o1. The van der Waals surface area contributed by atoms with Crippen molar-refractivity contribution in [3.63, 3.8) is 0 Å². The molecule has 8 nitrogen and oxygen atoms in total. The average Bonchev–Trinajstić information content (AvgIpc) is 3.57. The number of rotatable bonds is 7. The van der Waals surface area contributed by atoms with Gasteiger partial charge in [0.1, 0.15) is 17.1 Å². The molecule has 4 amide bonds. The first-order valence-electron chi connectivity index (χ1n) is 13.1. The third-order valence-electron chi connectivity index (χ3n) is 8.12. The number of carbonyl (C=O) groups excluding carboxylic acids is 3. The first-order valence-corrected chi connectivity index (χ1v) is 13.1. The van der Waals surface area contributed by atoms with Gasteiger partial charge in [-0.15, -0.1) is 0 Å². The van der Waals surface area contributed by atoms with E-state index in [4.69, 9.17) is 4.42 Å². The molecule has 1 aromatic heterocycles. The van der Waals surface area contributed by atoms with Gasteiger partial charge in [-0.3, -0.25) is 14.5 Å². The molecule has 192 valence electrons. The Balaban J connectivity index is 1.33. The summed E-state index contributed by atoms with van der Waals surface area (Å²) in [5, 5.41) is 3.15. The molecule has 0 saturated carbocycles. The summed E-state index contributed by atoms with van der Waals surface area (Å²) in [7, 11) is 0. The van der Waals surface area contributed by atoms with Crippen molar-refractivity contribution in [2.24, 2.45) is 5.92 Å². The topological polar surface area (TPSA) is 86.1 Å². The number of hydrogen-bond donors (Lipinski definition) is 1. The summed E-state index contributed by atoms with van der Waals surface area (Å²) in [6.07, 6.45) is 4.11. The van der Waals surface area contributed by atoms with Crippen LogP contribution in [0.2, 0.25) is 0 Å². The number of urea groups is 1. The van der Waals surface area contributed by atoms with Crippen molar-refractivity contribution in [2.75, 3.05) is 39.3 Å². The predicted molar refractivity (Wildman–Crippen MR) is 136 cm³/mol. The number of hydrogen-bond acceptors (Lipinski definition) is 5. The van der Waals surface area contributed by atoms with Gasteiger partial charge in [-0.1, -0.05) is 30.3 Å². The van der Waals surface area contributed by atoms with E-state index >= 15 is 0 Å². The Morgan fingerprint density at radius 2 is 1.72 bits per heavy atom. The smallest absolute Gasteiger partial charge is 0.325 e. The summed E-state index contributed by atoms with van der Waals surface area (Å²) >= 11 is 0. The van der Waals surface area contributed by atoms with Gasteiger partial charge in [0, 0.05) is 32.6 Å². The minimum Gasteiger partial charge on any atom is -0.466 e. The molecule has 0 bridgehead atoms. The van der Waals surface area contributed by atoms with Gasteiger partial charge < -0.3 is 19.5 Å². The zero-order valence-electron chi connectivity index (χ0n) is 21.3. The molecule has 8 heteroatoms. The third kappa shape index (κ3) is 4.66. The summed E-state index contributed by atoms with van der Waals surface area (Å²) in [5.74, 6) is 1.14. The number of benzene rings is 1. The fourth-order valence-corrected chi connectivity index (χ4v) is 6.14. The van der Waals surface area contributed by atoms with Crippen LogP contribution in [-0.2, 0) is 11.2 Å². The van der Waals surface area contributed by atoms with Crippen LogP contribution < -0.4 is 5.32 Å². The molecule has 1 N–H and O–H groups in total. The highest BCUT2D eigenvalue weighted by atomic mass is 16.3.